The van der Waals surface area contributed by atoms with Gasteiger partial charge in [0.1, 0.15) is 18.4 Å². The average molecular weight is 1130 g/mol. The van der Waals surface area contributed by atoms with Crippen molar-refractivity contribution in [3.63, 3.8) is 0 Å². The third-order valence-electron chi connectivity index (χ3n) is 15.4. The van der Waals surface area contributed by atoms with E-state index in [-0.39, 0.29) is 56.4 Å². The number of aryl methyl sites for hydroxylation is 4. The second-order valence-electron chi connectivity index (χ2n) is 22.2. The lowest BCUT2D eigenvalue weighted by atomic mass is 9.85. The maximum atomic E-state index is 14.0. The topological polar surface area (TPSA) is 208 Å². The molecule has 0 spiro atoms. The van der Waals surface area contributed by atoms with Gasteiger partial charge in [0.25, 0.3) is 5.56 Å². The van der Waals surface area contributed by atoms with Crippen LogP contribution in [-0.2, 0) is 46.4 Å². The van der Waals surface area contributed by atoms with Crippen LogP contribution in [0.1, 0.15) is 81.5 Å². The van der Waals surface area contributed by atoms with Crippen molar-refractivity contribution >= 4 is 46.7 Å². The van der Waals surface area contributed by atoms with E-state index >= 15 is 0 Å². The largest absolute Gasteiger partial charge is 0.496 e. The molecule has 8 rings (SSSR count). The minimum atomic E-state index is -0.908. The van der Waals surface area contributed by atoms with Gasteiger partial charge in [-0.2, -0.15) is 0 Å². The highest BCUT2D eigenvalue weighted by atomic mass is 32.1. The molecule has 5 heterocycles. The lowest BCUT2D eigenvalue weighted by Crippen LogP contribution is -2.57. The number of aliphatic hydroxyl groups excluding tert-OH is 1. The maximum Gasteiger partial charge on any atom is 0.256 e. The van der Waals surface area contributed by atoms with E-state index < -0.39 is 29.5 Å². The van der Waals surface area contributed by atoms with E-state index in [1.807, 2.05) is 57.5 Å². The lowest BCUT2D eigenvalue weighted by molar-refractivity contribution is -0.144. The number of amides is 3. The molecule has 19 heteroatoms. The highest BCUT2D eigenvalue weighted by molar-refractivity contribution is 7.13. The second kappa shape index (κ2) is 30.0. The Hall–Kier alpha value is -6.48. The van der Waals surface area contributed by atoms with Gasteiger partial charge in [0.05, 0.1) is 67.3 Å². The van der Waals surface area contributed by atoms with Gasteiger partial charge in [-0.05, 0) is 104 Å². The van der Waals surface area contributed by atoms with E-state index in [0.717, 1.165) is 92.7 Å². The smallest absolute Gasteiger partial charge is 0.256 e. The zero-order valence-electron chi connectivity index (χ0n) is 48.6. The molecule has 0 saturated carbocycles. The van der Waals surface area contributed by atoms with Crippen molar-refractivity contribution in [1.82, 2.24) is 30.4 Å². The van der Waals surface area contributed by atoms with Crippen molar-refractivity contribution in [3.05, 3.63) is 117 Å². The van der Waals surface area contributed by atoms with Gasteiger partial charge in [-0.1, -0.05) is 69.3 Å². The third-order valence-corrected chi connectivity index (χ3v) is 16.3. The summed E-state index contributed by atoms with van der Waals surface area (Å²) in [5.41, 5.74) is 11.5. The monoisotopic (exact) mass is 1130 g/mol. The fourth-order valence-electron chi connectivity index (χ4n) is 10.8. The van der Waals surface area contributed by atoms with Gasteiger partial charge in [0.15, 0.2) is 5.78 Å². The average Bonchev–Trinajstić information content (AvgIpc) is 4.12. The number of piperazine rings is 1. The number of carbonyl (C=O) groups is 4. The van der Waals surface area contributed by atoms with Crippen molar-refractivity contribution in [2.75, 3.05) is 102 Å². The summed E-state index contributed by atoms with van der Waals surface area (Å²) in [7, 11) is 1.48. The molecule has 3 aromatic carbocycles. The van der Waals surface area contributed by atoms with Gasteiger partial charge < -0.3 is 54.4 Å². The van der Waals surface area contributed by atoms with Crippen LogP contribution < -0.4 is 30.7 Å². The second-order valence-corrected chi connectivity index (χ2v) is 23.0. The number of pyridine rings is 1. The minimum Gasteiger partial charge on any atom is -0.496 e. The molecule has 438 valence electrons. The Morgan fingerprint density at radius 1 is 0.926 bits per heavy atom. The standard InChI is InChI=1S/C53H72N6O7S.C9H12N2O3/c1-7-58(44-20-27-64-28-21-44)46-32-42(12-8-37(46)2)40-15-17-43(18-16-40)57-24-22-56(23-25-57)26-29-65-30-31-66-35-49(62)55-51(53(4,5)6)52(63)59-34-45(60)33-47(59)48(61)19-11-39-9-13-41(14-10-39)50-38(3)54-36-67-50;1-6-3-8(14-2)7(4-10-5-12)9(13)11-6/h8-10,12-18,32,36,44-45,47,51,60H,7,11,19-31,33-35H2,1-6H3,(H,55,62);3,5H,4H2,1-2H3,(H,10,12)(H,11,13)/t45-,47+,51-;/m1./s1. The van der Waals surface area contributed by atoms with Crippen molar-refractivity contribution in [2.24, 2.45) is 5.41 Å². The van der Waals surface area contributed by atoms with E-state index in [1.54, 1.807) is 24.3 Å². The number of hydrogen-bond donors (Lipinski definition) is 4. The molecule has 18 nitrogen and oxygen atoms in total. The Morgan fingerprint density at radius 3 is 2.27 bits per heavy atom. The Bertz CT molecular complexity index is 2890. The Balaban J connectivity index is 0.000000590. The number of aromatic amines is 1. The number of anilines is 2. The Labute approximate surface area is 481 Å². The number of H-pyrrole nitrogens is 1. The highest BCUT2D eigenvalue weighted by Crippen LogP contribution is 2.33. The molecule has 2 aromatic heterocycles. The maximum absolute atomic E-state index is 14.0. The van der Waals surface area contributed by atoms with Gasteiger partial charge >= 0.3 is 0 Å². The predicted molar refractivity (Wildman–Crippen MR) is 318 cm³/mol. The third kappa shape index (κ3) is 17.3. The van der Waals surface area contributed by atoms with Crippen molar-refractivity contribution in [3.8, 4) is 27.3 Å². The number of β-amino-alcohol motifs (C(OH)–C–C–N with tert-alkyl or cyclic N) is 1. The summed E-state index contributed by atoms with van der Waals surface area (Å²) in [6.45, 7) is 22.2. The van der Waals surface area contributed by atoms with E-state index in [1.165, 1.54) is 40.1 Å². The van der Waals surface area contributed by atoms with Gasteiger partial charge in [0, 0.05) is 95.0 Å². The molecule has 3 aliphatic rings. The number of aromatic nitrogens is 2. The summed E-state index contributed by atoms with van der Waals surface area (Å²) >= 11 is 1.60. The zero-order chi connectivity index (χ0) is 58.1. The molecule has 4 N–H and O–H groups in total. The molecular formula is C62H84N8O10S. The van der Waals surface area contributed by atoms with Crippen molar-refractivity contribution in [1.29, 1.82) is 0 Å². The summed E-state index contributed by atoms with van der Waals surface area (Å²) < 4.78 is 22.2. The molecule has 3 fully saturated rings. The van der Waals surface area contributed by atoms with E-state index in [2.05, 4.69) is 91.6 Å². The fraction of sp³-hybridized carbons (Fsp3) is 0.516. The molecule has 0 aliphatic carbocycles. The molecule has 5 aromatic rings. The zero-order valence-corrected chi connectivity index (χ0v) is 49.4. The first-order valence-corrected chi connectivity index (χ1v) is 29.3. The van der Waals surface area contributed by atoms with Gasteiger partial charge in [0.2, 0.25) is 18.2 Å². The Kier molecular flexibility index (Phi) is 23.0. The number of ketones is 1. The van der Waals surface area contributed by atoms with E-state index in [4.69, 9.17) is 18.9 Å². The van der Waals surface area contributed by atoms with Crippen LogP contribution in [-0.4, -0.2) is 166 Å². The van der Waals surface area contributed by atoms with Crippen molar-refractivity contribution in [2.45, 2.75) is 111 Å². The van der Waals surface area contributed by atoms with Crippen LogP contribution in [0.15, 0.2) is 83.1 Å². The number of ether oxygens (including phenoxy) is 4. The van der Waals surface area contributed by atoms with Crippen molar-refractivity contribution < 1.29 is 43.2 Å². The van der Waals surface area contributed by atoms with Gasteiger partial charge in [-0.25, -0.2) is 4.98 Å². The van der Waals surface area contributed by atoms with E-state index in [0.29, 0.717) is 43.4 Å². The van der Waals surface area contributed by atoms with E-state index in [9.17, 15) is 29.1 Å². The molecule has 0 radical (unpaired) electrons. The highest BCUT2D eigenvalue weighted by Gasteiger charge is 2.44. The van der Waals surface area contributed by atoms with Crippen LogP contribution in [0.2, 0.25) is 0 Å². The lowest BCUT2D eigenvalue weighted by Gasteiger charge is -2.36. The van der Waals surface area contributed by atoms with Gasteiger partial charge in [-0.3, -0.25) is 28.9 Å². The number of aliphatic hydroxyl groups is 1. The number of likely N-dealkylation sites (tertiary alicyclic amines) is 1. The number of rotatable bonds is 24. The summed E-state index contributed by atoms with van der Waals surface area (Å²) in [5, 5.41) is 15.9. The SMILES string of the molecule is CCN(c1cc(-c2ccc(N3CCN(CCOCCOCC(=O)N[C@H](C(=O)N4C[C@H](O)C[C@H]4C(=O)CCc4ccc(-c5scnc5C)cc4)C(C)(C)C)CC3)cc2)ccc1C)C1CCOCC1.COc1cc(C)[nH]c(=O)c1CNC=O. The number of thiazole rings is 1. The number of methoxy groups -OCH3 is 1. The first-order valence-electron chi connectivity index (χ1n) is 28.4. The molecule has 3 aliphatic heterocycles. The summed E-state index contributed by atoms with van der Waals surface area (Å²) in [5.74, 6) is -0.412. The first kappa shape index (κ1) is 62.1. The minimum absolute atomic E-state index is 0.0455. The molecule has 0 bridgehead atoms. The van der Waals surface area contributed by atoms with Crippen LogP contribution in [0.3, 0.4) is 0 Å². The van der Waals surface area contributed by atoms with Crippen LogP contribution in [0.4, 0.5) is 11.4 Å². The summed E-state index contributed by atoms with van der Waals surface area (Å²) in [6.07, 6.45) is 2.81. The van der Waals surface area contributed by atoms with Crippen LogP contribution in [0.25, 0.3) is 21.6 Å². The molecule has 81 heavy (non-hydrogen) atoms. The first-order chi connectivity index (χ1) is 39.0. The molecule has 3 saturated heterocycles. The van der Waals surface area contributed by atoms with Crippen LogP contribution in [0, 0.1) is 26.2 Å². The molecular weight excluding hydrogens is 1050 g/mol. The van der Waals surface area contributed by atoms with Crippen LogP contribution in [0.5, 0.6) is 5.75 Å². The number of hydrogen-bond acceptors (Lipinski definition) is 15. The van der Waals surface area contributed by atoms with Crippen LogP contribution >= 0.6 is 11.3 Å². The number of nitrogens with one attached hydrogen (secondary N) is 3. The molecule has 3 amide bonds. The number of nitrogens with zero attached hydrogens (tertiary/aromatic N) is 5. The van der Waals surface area contributed by atoms with Gasteiger partial charge in [-0.15, -0.1) is 11.3 Å². The quantitative estimate of drug-likeness (QED) is 0.0367. The summed E-state index contributed by atoms with van der Waals surface area (Å²) in [6, 6.07) is 24.5. The number of benzene rings is 3. The molecule has 0 unspecified atom stereocenters. The number of Topliss-reactive ketones (excluding diaryl/α,β-unsaturated/α-hetero) is 1. The fourth-order valence-corrected chi connectivity index (χ4v) is 11.6. The predicted octanol–water partition coefficient (Wildman–Crippen LogP) is 6.89. The summed E-state index contributed by atoms with van der Waals surface area (Å²) in [4.78, 5) is 79.2. The normalized spacial score (nSPS) is 17.2. The Morgan fingerprint density at radius 2 is 1.62 bits per heavy atom. The number of carbonyl (C=O) groups excluding carboxylic acids is 4. The molecule has 3 atom stereocenters.